The van der Waals surface area contributed by atoms with Crippen LogP contribution in [0.5, 0.6) is 0 Å². The van der Waals surface area contributed by atoms with Crippen molar-refractivity contribution in [1.29, 1.82) is 0 Å². The zero-order chi connectivity index (χ0) is 33.7. The summed E-state index contributed by atoms with van der Waals surface area (Å²) in [7, 11) is -1.44. The number of fused-ring (bicyclic) bond motifs is 6. The summed E-state index contributed by atoms with van der Waals surface area (Å²) in [5.41, 5.74) is 19.2. The van der Waals surface area contributed by atoms with Crippen molar-refractivity contribution in [3.05, 3.63) is 172 Å². The third kappa shape index (κ3) is 3.42. The highest BCUT2D eigenvalue weighted by Crippen LogP contribution is 2.59. The van der Waals surface area contributed by atoms with Gasteiger partial charge >= 0.3 is 0 Å². The van der Waals surface area contributed by atoms with Gasteiger partial charge in [-0.3, -0.25) is 0 Å². The fourth-order valence-corrected chi connectivity index (χ4v) is 11.7. The standard InChI is InChI=1S/C46H42BNSi/c1-44(2)33-17-12-18-34-41(33)47-42-35(44)19-13-21-37(42)46(38-22-14-20-36(43(38)47)45(34,3)4)31-15-8-10-23-39(31)48(40-24-11-9-16-32(40)46)29-25-27-30(28-26-29)49(5,6)7/h8-28H,1-7H3. The van der Waals surface area contributed by atoms with E-state index in [2.05, 4.69) is 180 Å². The van der Waals surface area contributed by atoms with E-state index in [0.717, 1.165) is 0 Å². The van der Waals surface area contributed by atoms with E-state index in [1.54, 1.807) is 5.46 Å². The van der Waals surface area contributed by atoms with Crippen LogP contribution in [0.4, 0.5) is 17.1 Å². The largest absolute Gasteiger partial charge is 0.310 e. The molecule has 0 aromatic heterocycles. The summed E-state index contributed by atoms with van der Waals surface area (Å²) in [5.74, 6) is 0. The molecule has 0 atom stereocenters. The molecule has 0 saturated carbocycles. The summed E-state index contributed by atoms with van der Waals surface area (Å²) in [6.07, 6.45) is 0. The van der Waals surface area contributed by atoms with Crippen LogP contribution >= 0.6 is 0 Å². The number of rotatable bonds is 2. The molecule has 0 amide bonds. The van der Waals surface area contributed by atoms with Crippen LogP contribution in [0, 0.1) is 0 Å². The lowest BCUT2D eigenvalue weighted by Gasteiger charge is -2.56. The first-order chi connectivity index (χ1) is 23.5. The maximum atomic E-state index is 2.53. The Hall–Kier alpha value is -4.60. The minimum absolute atomic E-state index is 0.119. The molecule has 3 heteroatoms. The van der Waals surface area contributed by atoms with Crippen LogP contribution in [0.2, 0.25) is 19.6 Å². The van der Waals surface area contributed by atoms with Gasteiger partial charge in [-0.15, -0.1) is 0 Å². The maximum absolute atomic E-state index is 2.53. The van der Waals surface area contributed by atoms with Gasteiger partial charge in [-0.25, -0.2) is 0 Å². The molecule has 4 heterocycles. The van der Waals surface area contributed by atoms with E-state index >= 15 is 0 Å². The Bertz CT molecular complexity index is 2260. The monoisotopic (exact) mass is 647 g/mol. The smallest absolute Gasteiger partial charge is 0.243 e. The second-order valence-corrected chi connectivity index (χ2v) is 22.0. The van der Waals surface area contributed by atoms with E-state index in [-0.39, 0.29) is 17.5 Å². The molecule has 1 nitrogen and oxygen atoms in total. The van der Waals surface area contributed by atoms with Gasteiger partial charge in [0.2, 0.25) is 6.71 Å². The predicted octanol–water partition coefficient (Wildman–Crippen LogP) is 8.51. The van der Waals surface area contributed by atoms with Crippen LogP contribution < -0.4 is 26.5 Å². The Balaban J connectivity index is 1.36. The lowest BCUT2D eigenvalue weighted by atomic mass is 9.23. The molecule has 10 rings (SSSR count). The van der Waals surface area contributed by atoms with E-state index in [9.17, 15) is 0 Å². The molecule has 6 aromatic carbocycles. The van der Waals surface area contributed by atoms with Crippen molar-refractivity contribution in [3.63, 3.8) is 0 Å². The summed E-state index contributed by atoms with van der Waals surface area (Å²) >= 11 is 0. The van der Waals surface area contributed by atoms with Crippen molar-refractivity contribution in [2.75, 3.05) is 4.90 Å². The van der Waals surface area contributed by atoms with Crippen molar-refractivity contribution in [3.8, 4) is 0 Å². The molecule has 1 spiro atoms. The van der Waals surface area contributed by atoms with E-state index in [1.165, 1.54) is 77.7 Å². The summed E-state index contributed by atoms with van der Waals surface area (Å²) in [4.78, 5) is 2.53. The summed E-state index contributed by atoms with van der Waals surface area (Å²) < 4.78 is 0. The third-order valence-electron chi connectivity index (χ3n) is 12.8. The zero-order valence-electron chi connectivity index (χ0n) is 29.6. The molecular weight excluding hydrogens is 605 g/mol. The van der Waals surface area contributed by atoms with Crippen LogP contribution in [0.25, 0.3) is 0 Å². The average molecular weight is 648 g/mol. The summed E-state index contributed by atoms with van der Waals surface area (Å²) in [5, 5.41) is 1.49. The van der Waals surface area contributed by atoms with Crippen molar-refractivity contribution in [1.82, 2.24) is 0 Å². The highest BCUT2D eigenvalue weighted by molar-refractivity contribution is 6.98. The highest BCUT2D eigenvalue weighted by atomic mass is 28.3. The van der Waals surface area contributed by atoms with Gasteiger partial charge in [-0.1, -0.05) is 172 Å². The quantitative estimate of drug-likeness (QED) is 0.170. The first-order valence-electron chi connectivity index (χ1n) is 18.0. The second kappa shape index (κ2) is 9.34. The Kier molecular flexibility index (Phi) is 5.59. The van der Waals surface area contributed by atoms with Crippen LogP contribution in [-0.4, -0.2) is 14.8 Å². The molecule has 0 saturated heterocycles. The van der Waals surface area contributed by atoms with Gasteiger partial charge in [0.05, 0.1) is 24.9 Å². The number of hydrogen-bond acceptors (Lipinski definition) is 1. The minimum Gasteiger partial charge on any atom is -0.310 e. The summed E-state index contributed by atoms with van der Waals surface area (Å²) in [6, 6.07) is 49.7. The van der Waals surface area contributed by atoms with Gasteiger partial charge in [0, 0.05) is 16.5 Å². The van der Waals surface area contributed by atoms with Gasteiger partial charge in [0.15, 0.2) is 0 Å². The zero-order valence-corrected chi connectivity index (χ0v) is 30.6. The molecule has 0 unspecified atom stereocenters. The number of para-hydroxylation sites is 2. The Morgan fingerprint density at radius 2 is 0.796 bits per heavy atom. The molecule has 49 heavy (non-hydrogen) atoms. The van der Waals surface area contributed by atoms with Gasteiger partial charge in [0.1, 0.15) is 0 Å². The third-order valence-corrected chi connectivity index (χ3v) is 14.8. The Labute approximate surface area is 292 Å². The number of hydrogen-bond donors (Lipinski definition) is 0. The van der Waals surface area contributed by atoms with Crippen LogP contribution in [0.1, 0.15) is 72.2 Å². The first kappa shape index (κ1) is 29.3. The molecule has 0 N–H and O–H groups in total. The van der Waals surface area contributed by atoms with E-state index in [0.29, 0.717) is 0 Å². The minimum atomic E-state index is -1.44. The Morgan fingerprint density at radius 1 is 0.429 bits per heavy atom. The number of benzene rings is 6. The molecular formula is C46H42BNSi. The fourth-order valence-electron chi connectivity index (χ4n) is 10.5. The molecule has 238 valence electrons. The molecule has 6 aromatic rings. The van der Waals surface area contributed by atoms with Crippen molar-refractivity contribution in [2.45, 2.75) is 63.6 Å². The molecule has 4 aliphatic rings. The van der Waals surface area contributed by atoms with Gasteiger partial charge < -0.3 is 4.90 Å². The first-order valence-corrected chi connectivity index (χ1v) is 21.5. The van der Waals surface area contributed by atoms with Gasteiger partial charge in [-0.2, -0.15) is 0 Å². The molecule has 0 radical (unpaired) electrons. The predicted molar refractivity (Wildman–Crippen MR) is 211 cm³/mol. The van der Waals surface area contributed by atoms with Gasteiger partial charge in [-0.05, 0) is 68.8 Å². The summed E-state index contributed by atoms with van der Waals surface area (Å²) in [6.45, 7) is 17.3. The Morgan fingerprint density at radius 3 is 1.22 bits per heavy atom. The molecule has 0 aliphatic carbocycles. The van der Waals surface area contributed by atoms with Crippen molar-refractivity contribution in [2.24, 2.45) is 0 Å². The SMILES string of the molecule is CC1(C)c2cccc3c2B2c4c1cccc4C1(c4ccccc4N(c4ccc([Si](C)(C)C)cc4)c4ccccc41)c1cccc(c12)C3(C)C. The normalized spacial score (nSPS) is 17.7. The second-order valence-electron chi connectivity index (χ2n) is 16.9. The lowest BCUT2D eigenvalue weighted by Crippen LogP contribution is -2.72. The number of anilines is 3. The van der Waals surface area contributed by atoms with Gasteiger partial charge in [0.25, 0.3) is 0 Å². The van der Waals surface area contributed by atoms with Crippen LogP contribution in [0.15, 0.2) is 127 Å². The average Bonchev–Trinajstić information content (AvgIpc) is 3.10. The molecule has 0 fully saturated rings. The molecule has 4 aliphatic heterocycles. The fraction of sp³-hybridized carbons (Fsp3) is 0.217. The topological polar surface area (TPSA) is 3.24 Å². The van der Waals surface area contributed by atoms with Crippen LogP contribution in [-0.2, 0) is 16.2 Å². The van der Waals surface area contributed by atoms with E-state index < -0.39 is 13.5 Å². The highest BCUT2D eigenvalue weighted by Gasteiger charge is 2.58. The maximum Gasteiger partial charge on any atom is 0.243 e. The van der Waals surface area contributed by atoms with Crippen molar-refractivity contribution < 1.29 is 0 Å². The van der Waals surface area contributed by atoms with Crippen LogP contribution in [0.3, 0.4) is 0 Å². The lowest BCUT2D eigenvalue weighted by molar-refractivity contribution is 0.613. The van der Waals surface area contributed by atoms with E-state index in [4.69, 9.17) is 0 Å². The van der Waals surface area contributed by atoms with E-state index in [1.807, 2.05) is 0 Å². The van der Waals surface area contributed by atoms with Crippen molar-refractivity contribution >= 4 is 53.4 Å². The number of nitrogens with zero attached hydrogens (tertiary/aromatic N) is 1. The molecule has 0 bridgehead atoms.